The molecule has 20 heavy (non-hydrogen) atoms. The molecule has 0 aliphatic rings. The van der Waals surface area contributed by atoms with E-state index < -0.39 is 5.97 Å². The molecule has 0 radical (unpaired) electrons. The molecule has 0 aromatic heterocycles. The molecule has 4 nitrogen and oxygen atoms in total. The molecular formula is C16H21NO3. The monoisotopic (exact) mass is 275 g/mol. The Balaban J connectivity index is 2.33. The van der Waals surface area contributed by atoms with Gasteiger partial charge < -0.3 is 10.4 Å². The molecule has 108 valence electrons. The van der Waals surface area contributed by atoms with Gasteiger partial charge >= 0.3 is 5.97 Å². The summed E-state index contributed by atoms with van der Waals surface area (Å²) in [5, 5.41) is 11.7. The number of allylic oxidation sites excluding steroid dienone is 1. The Kier molecular flexibility index (Phi) is 6.50. The van der Waals surface area contributed by atoms with Crippen molar-refractivity contribution in [3.63, 3.8) is 0 Å². The minimum absolute atomic E-state index is 0.0550. The van der Waals surface area contributed by atoms with Crippen molar-refractivity contribution in [2.45, 2.75) is 32.6 Å². The lowest BCUT2D eigenvalue weighted by atomic mass is 10.0. The molecule has 0 amide bonds. The van der Waals surface area contributed by atoms with E-state index in [4.69, 9.17) is 5.11 Å². The molecule has 1 aromatic rings. The van der Waals surface area contributed by atoms with Crippen molar-refractivity contribution in [1.82, 2.24) is 0 Å². The summed E-state index contributed by atoms with van der Waals surface area (Å²) in [6.07, 6.45) is 2.09. The number of Topliss-reactive ketones (excluding diaryl/α,β-unsaturated/α-hetero) is 1. The number of hydrogen-bond donors (Lipinski definition) is 2. The van der Waals surface area contributed by atoms with Gasteiger partial charge in [-0.05, 0) is 43.0 Å². The molecule has 2 N–H and O–H groups in total. The maximum absolute atomic E-state index is 11.5. The van der Waals surface area contributed by atoms with E-state index in [1.54, 1.807) is 6.92 Å². The number of carboxylic acids is 1. The number of hydrogen-bond acceptors (Lipinski definition) is 3. The second-order valence-corrected chi connectivity index (χ2v) is 4.85. The number of carboxylic acid groups (broad SMARTS) is 1. The summed E-state index contributed by atoms with van der Waals surface area (Å²) in [5.41, 5.74) is 2.52. The fraction of sp³-hybridized carbons (Fsp3) is 0.375. The first-order valence-electron chi connectivity index (χ1n) is 6.72. The van der Waals surface area contributed by atoms with Crippen LogP contribution < -0.4 is 5.32 Å². The Bertz CT molecular complexity index is 477. The number of carbonyl (C=O) groups is 2. The molecule has 0 fully saturated rings. The van der Waals surface area contributed by atoms with Crippen LogP contribution in [0.25, 0.3) is 0 Å². The number of anilines is 1. The van der Waals surface area contributed by atoms with Crippen molar-refractivity contribution in [2.75, 3.05) is 11.9 Å². The minimum atomic E-state index is -0.753. The van der Waals surface area contributed by atoms with Crippen LogP contribution in [-0.4, -0.2) is 23.4 Å². The Morgan fingerprint density at radius 1 is 1.20 bits per heavy atom. The van der Waals surface area contributed by atoms with Crippen LogP contribution in [0.2, 0.25) is 0 Å². The zero-order valence-electron chi connectivity index (χ0n) is 11.8. The summed E-state index contributed by atoms with van der Waals surface area (Å²) >= 11 is 0. The topological polar surface area (TPSA) is 66.4 Å². The number of rotatable bonds is 9. The van der Waals surface area contributed by atoms with Crippen LogP contribution in [0.4, 0.5) is 5.69 Å². The lowest BCUT2D eigenvalue weighted by Crippen LogP contribution is -2.05. The molecule has 0 spiro atoms. The molecule has 0 aliphatic carbocycles. The minimum Gasteiger partial charge on any atom is -0.481 e. The largest absolute Gasteiger partial charge is 0.481 e. The quantitative estimate of drug-likeness (QED) is 0.537. The van der Waals surface area contributed by atoms with E-state index in [9.17, 15) is 9.59 Å². The molecule has 0 heterocycles. The number of benzene rings is 1. The number of nitrogens with one attached hydrogen (secondary N) is 1. The number of carbonyl (C=O) groups excluding carboxylic acids is 1. The van der Waals surface area contributed by atoms with Gasteiger partial charge in [0.25, 0.3) is 0 Å². The fourth-order valence-electron chi connectivity index (χ4n) is 1.71. The van der Waals surface area contributed by atoms with E-state index in [2.05, 4.69) is 11.9 Å². The van der Waals surface area contributed by atoms with Crippen LogP contribution in [0.5, 0.6) is 0 Å². The maximum Gasteiger partial charge on any atom is 0.303 e. The van der Waals surface area contributed by atoms with Crippen molar-refractivity contribution >= 4 is 17.4 Å². The van der Waals surface area contributed by atoms with Crippen LogP contribution in [-0.2, 0) is 16.0 Å². The van der Waals surface area contributed by atoms with Crippen molar-refractivity contribution in [1.29, 1.82) is 0 Å². The lowest BCUT2D eigenvalue weighted by Gasteiger charge is -2.07. The summed E-state index contributed by atoms with van der Waals surface area (Å²) in [6.45, 7) is 6.10. The van der Waals surface area contributed by atoms with E-state index in [0.29, 0.717) is 18.4 Å². The zero-order chi connectivity index (χ0) is 15.0. The zero-order valence-corrected chi connectivity index (χ0v) is 11.8. The molecular weight excluding hydrogens is 254 g/mol. The average Bonchev–Trinajstić information content (AvgIpc) is 2.39. The molecule has 1 aromatic carbocycles. The Morgan fingerprint density at radius 2 is 1.85 bits per heavy atom. The highest BCUT2D eigenvalue weighted by Gasteiger charge is 2.04. The van der Waals surface area contributed by atoms with E-state index in [-0.39, 0.29) is 12.2 Å². The van der Waals surface area contributed by atoms with Gasteiger partial charge in [0.15, 0.2) is 5.78 Å². The van der Waals surface area contributed by atoms with Gasteiger partial charge in [-0.3, -0.25) is 9.59 Å². The summed E-state index contributed by atoms with van der Waals surface area (Å²) in [5.74, 6) is -0.698. The molecule has 0 saturated carbocycles. The lowest BCUT2D eigenvalue weighted by molar-refractivity contribution is -0.137. The smallest absolute Gasteiger partial charge is 0.303 e. The molecule has 1 rings (SSSR count). The van der Waals surface area contributed by atoms with Gasteiger partial charge in [-0.1, -0.05) is 18.7 Å². The third kappa shape index (κ3) is 6.18. The first-order valence-corrected chi connectivity index (χ1v) is 6.72. The number of unbranched alkanes of at least 4 members (excludes halogenated alkanes) is 1. The maximum atomic E-state index is 11.5. The average molecular weight is 275 g/mol. The second kappa shape index (κ2) is 8.15. The van der Waals surface area contributed by atoms with Crippen LogP contribution in [0.3, 0.4) is 0 Å². The Labute approximate surface area is 119 Å². The van der Waals surface area contributed by atoms with E-state index in [1.807, 2.05) is 24.3 Å². The molecule has 0 saturated heterocycles. The van der Waals surface area contributed by atoms with Crippen molar-refractivity contribution in [3.8, 4) is 0 Å². The van der Waals surface area contributed by atoms with Crippen molar-refractivity contribution in [2.24, 2.45) is 0 Å². The molecule has 0 aliphatic heterocycles. The predicted octanol–water partition coefficient (Wildman–Crippen LogP) is 3.04. The fourth-order valence-corrected chi connectivity index (χ4v) is 1.71. The first-order chi connectivity index (χ1) is 9.49. The van der Waals surface area contributed by atoms with E-state index in [0.717, 1.165) is 24.2 Å². The standard InChI is InChI=1S/C16H21NO3/c1-12(2)15(18)11-13-6-8-14(9-7-13)17-10-4-3-5-16(19)20/h6-9,17H,1,3-5,10-11H2,2H3,(H,19,20). The normalized spacial score (nSPS) is 10.1. The third-order valence-corrected chi connectivity index (χ3v) is 2.94. The van der Waals surface area contributed by atoms with Gasteiger partial charge in [-0.25, -0.2) is 0 Å². The molecule has 0 atom stereocenters. The van der Waals surface area contributed by atoms with Crippen LogP contribution >= 0.6 is 0 Å². The summed E-state index contributed by atoms with van der Waals surface area (Å²) < 4.78 is 0. The van der Waals surface area contributed by atoms with Gasteiger partial charge in [-0.2, -0.15) is 0 Å². The van der Waals surface area contributed by atoms with Gasteiger partial charge in [0.05, 0.1) is 0 Å². The Hall–Kier alpha value is -2.10. The van der Waals surface area contributed by atoms with Gasteiger partial charge in [-0.15, -0.1) is 0 Å². The highest BCUT2D eigenvalue weighted by Crippen LogP contribution is 2.11. The summed E-state index contributed by atoms with van der Waals surface area (Å²) in [4.78, 5) is 21.9. The van der Waals surface area contributed by atoms with Gasteiger partial charge in [0, 0.05) is 25.1 Å². The van der Waals surface area contributed by atoms with Crippen molar-refractivity contribution in [3.05, 3.63) is 42.0 Å². The summed E-state index contributed by atoms with van der Waals surface area (Å²) in [6, 6.07) is 7.69. The highest BCUT2D eigenvalue weighted by atomic mass is 16.4. The predicted molar refractivity (Wildman–Crippen MR) is 79.9 cm³/mol. The first kappa shape index (κ1) is 16.0. The van der Waals surface area contributed by atoms with Crippen LogP contribution in [0.1, 0.15) is 31.7 Å². The Morgan fingerprint density at radius 3 is 2.40 bits per heavy atom. The van der Waals surface area contributed by atoms with Crippen molar-refractivity contribution < 1.29 is 14.7 Å². The van der Waals surface area contributed by atoms with E-state index >= 15 is 0 Å². The van der Waals surface area contributed by atoms with Gasteiger partial charge in [0.2, 0.25) is 0 Å². The molecule has 4 heteroatoms. The number of ketones is 1. The van der Waals surface area contributed by atoms with Gasteiger partial charge in [0.1, 0.15) is 0 Å². The SMILES string of the molecule is C=C(C)C(=O)Cc1ccc(NCCCCC(=O)O)cc1. The molecule has 0 bridgehead atoms. The molecule has 0 unspecified atom stereocenters. The van der Waals surface area contributed by atoms with Crippen LogP contribution in [0, 0.1) is 0 Å². The highest BCUT2D eigenvalue weighted by molar-refractivity contribution is 5.95. The third-order valence-electron chi connectivity index (χ3n) is 2.94. The van der Waals surface area contributed by atoms with Crippen LogP contribution in [0.15, 0.2) is 36.4 Å². The number of aliphatic carboxylic acids is 1. The summed E-state index contributed by atoms with van der Waals surface area (Å²) in [7, 11) is 0. The second-order valence-electron chi connectivity index (χ2n) is 4.85. The van der Waals surface area contributed by atoms with E-state index in [1.165, 1.54) is 0 Å².